The maximum atomic E-state index is 14.5. The fraction of sp³-hybridized carbons (Fsp3) is 0.160. The molecular weight excluding hydrogens is 439 g/mol. The predicted molar refractivity (Wildman–Crippen MR) is 124 cm³/mol. The molecule has 0 atom stereocenters. The summed E-state index contributed by atoms with van der Waals surface area (Å²) in [4.78, 5) is 12.5. The van der Waals surface area contributed by atoms with Crippen molar-refractivity contribution in [2.45, 2.75) is 13.3 Å². The third-order valence-electron chi connectivity index (χ3n) is 5.20. The smallest absolute Gasteiger partial charge is 0.323 e. The normalized spacial score (nSPS) is 12.3. The highest BCUT2D eigenvalue weighted by Crippen LogP contribution is 2.32. The molecule has 9 heteroatoms. The first-order valence-electron chi connectivity index (χ1n) is 10.7. The zero-order valence-corrected chi connectivity index (χ0v) is 18.3. The van der Waals surface area contributed by atoms with Crippen LogP contribution in [0.15, 0.2) is 65.1 Å². The molecule has 34 heavy (non-hydrogen) atoms. The van der Waals surface area contributed by atoms with Gasteiger partial charge in [-0.1, -0.05) is 29.8 Å². The number of urea groups is 1. The second-order valence-electron chi connectivity index (χ2n) is 7.80. The second kappa shape index (κ2) is 9.22. The summed E-state index contributed by atoms with van der Waals surface area (Å²) < 4.78 is 31.2. The molecule has 3 aromatic carbocycles. The van der Waals surface area contributed by atoms with Gasteiger partial charge in [0.2, 0.25) is 5.89 Å². The number of halogens is 1. The van der Waals surface area contributed by atoms with E-state index in [4.69, 9.17) is 13.9 Å². The summed E-state index contributed by atoms with van der Waals surface area (Å²) in [7, 11) is 0. The topological polar surface area (TPSA) is 98.5 Å². The Hall–Kier alpha value is -4.40. The molecule has 0 fully saturated rings. The minimum absolute atomic E-state index is 0.0375. The lowest BCUT2D eigenvalue weighted by Crippen LogP contribution is -2.20. The van der Waals surface area contributed by atoms with Crippen LogP contribution in [0.1, 0.15) is 17.0 Å². The summed E-state index contributed by atoms with van der Waals surface area (Å²) >= 11 is 0. The highest BCUT2D eigenvalue weighted by molar-refractivity contribution is 6.00. The zero-order valence-electron chi connectivity index (χ0n) is 18.3. The van der Waals surface area contributed by atoms with Gasteiger partial charge >= 0.3 is 6.03 Å². The molecule has 1 aromatic heterocycles. The van der Waals surface area contributed by atoms with Gasteiger partial charge in [-0.15, -0.1) is 10.2 Å². The minimum Gasteiger partial charge on any atom is -0.486 e. The van der Waals surface area contributed by atoms with Crippen LogP contribution in [-0.2, 0) is 6.42 Å². The lowest BCUT2D eigenvalue weighted by molar-refractivity contribution is 0.171. The Kier molecular flexibility index (Phi) is 5.82. The van der Waals surface area contributed by atoms with E-state index in [0.717, 1.165) is 11.1 Å². The highest BCUT2D eigenvalue weighted by atomic mass is 19.1. The van der Waals surface area contributed by atoms with E-state index in [1.807, 2.05) is 31.2 Å². The number of aromatic nitrogens is 2. The van der Waals surface area contributed by atoms with E-state index in [0.29, 0.717) is 48.4 Å². The average Bonchev–Trinajstić information content (AvgIpc) is 3.30. The molecule has 8 nitrogen and oxygen atoms in total. The number of carbonyl (C=O) groups is 1. The summed E-state index contributed by atoms with van der Waals surface area (Å²) in [5.41, 5.74) is 3.15. The molecule has 5 rings (SSSR count). The van der Waals surface area contributed by atoms with Gasteiger partial charge in [0.05, 0.1) is 12.0 Å². The van der Waals surface area contributed by atoms with E-state index in [-0.39, 0.29) is 11.5 Å². The number of amides is 2. The highest BCUT2D eigenvalue weighted by Gasteiger charge is 2.16. The number of nitrogens with zero attached hydrogens (tertiary/aromatic N) is 2. The Balaban J connectivity index is 1.28. The quantitative estimate of drug-likeness (QED) is 0.425. The molecule has 0 aliphatic carbocycles. The molecule has 172 valence electrons. The van der Waals surface area contributed by atoms with Crippen molar-refractivity contribution >= 4 is 17.4 Å². The number of carbonyl (C=O) groups excluding carboxylic acids is 1. The van der Waals surface area contributed by atoms with Crippen LogP contribution in [0.4, 0.5) is 20.6 Å². The van der Waals surface area contributed by atoms with E-state index in [9.17, 15) is 9.18 Å². The van der Waals surface area contributed by atoms with Gasteiger partial charge in [-0.25, -0.2) is 9.18 Å². The molecule has 4 aromatic rings. The van der Waals surface area contributed by atoms with Crippen LogP contribution >= 0.6 is 0 Å². The maximum absolute atomic E-state index is 14.5. The van der Waals surface area contributed by atoms with Crippen molar-refractivity contribution in [1.29, 1.82) is 0 Å². The molecule has 0 saturated heterocycles. The Bertz CT molecular complexity index is 1340. The third-order valence-corrected chi connectivity index (χ3v) is 5.20. The van der Waals surface area contributed by atoms with E-state index in [2.05, 4.69) is 20.8 Å². The fourth-order valence-corrected chi connectivity index (χ4v) is 3.50. The van der Waals surface area contributed by atoms with E-state index >= 15 is 0 Å². The summed E-state index contributed by atoms with van der Waals surface area (Å²) in [5, 5.41) is 13.4. The summed E-state index contributed by atoms with van der Waals surface area (Å²) in [6.07, 6.45) is 0.435. The molecule has 0 spiro atoms. The van der Waals surface area contributed by atoms with Gasteiger partial charge in [0.15, 0.2) is 11.5 Å². The van der Waals surface area contributed by atoms with Gasteiger partial charge < -0.3 is 24.5 Å². The molecule has 2 amide bonds. The van der Waals surface area contributed by atoms with Gasteiger partial charge in [-0.05, 0) is 42.8 Å². The standard InChI is InChI=1S/C25H21FN4O4/c1-15-2-4-16(5-3-15)12-23-29-30-24(34-23)19-13-17(6-8-20(19)26)27-25(31)28-18-7-9-21-22(14-18)33-11-10-32-21/h2-9,13-14H,10-12H2,1H3,(H2,27,28,31). The van der Waals surface area contributed by atoms with Gasteiger partial charge in [-0.2, -0.15) is 0 Å². The molecule has 0 unspecified atom stereocenters. The van der Waals surface area contributed by atoms with Crippen molar-refractivity contribution < 1.29 is 23.1 Å². The minimum atomic E-state index is -0.539. The van der Waals surface area contributed by atoms with Crippen molar-refractivity contribution in [3.05, 3.63) is 83.5 Å². The first-order chi connectivity index (χ1) is 16.5. The first kappa shape index (κ1) is 21.4. The Morgan fingerprint density at radius 1 is 0.912 bits per heavy atom. The number of nitrogens with one attached hydrogen (secondary N) is 2. The largest absolute Gasteiger partial charge is 0.486 e. The van der Waals surface area contributed by atoms with Crippen molar-refractivity contribution in [3.8, 4) is 23.0 Å². The lowest BCUT2D eigenvalue weighted by Gasteiger charge is -2.19. The number of fused-ring (bicyclic) bond motifs is 1. The van der Waals surface area contributed by atoms with Crippen molar-refractivity contribution in [2.75, 3.05) is 23.8 Å². The fourth-order valence-electron chi connectivity index (χ4n) is 3.50. The van der Waals surface area contributed by atoms with Gasteiger partial charge in [-0.3, -0.25) is 0 Å². The Morgan fingerprint density at radius 3 is 2.41 bits per heavy atom. The summed E-state index contributed by atoms with van der Waals surface area (Å²) in [6, 6.07) is 16.7. The summed E-state index contributed by atoms with van der Waals surface area (Å²) in [6.45, 7) is 2.94. The molecule has 1 aliphatic heterocycles. The monoisotopic (exact) mass is 460 g/mol. The Labute approximate surface area is 194 Å². The van der Waals surface area contributed by atoms with Crippen LogP contribution in [0.2, 0.25) is 0 Å². The van der Waals surface area contributed by atoms with E-state index in [1.165, 1.54) is 18.2 Å². The van der Waals surface area contributed by atoms with Crippen molar-refractivity contribution in [3.63, 3.8) is 0 Å². The van der Waals surface area contributed by atoms with Gasteiger partial charge in [0.25, 0.3) is 5.89 Å². The molecule has 2 heterocycles. The first-order valence-corrected chi connectivity index (χ1v) is 10.7. The lowest BCUT2D eigenvalue weighted by atomic mass is 10.1. The van der Waals surface area contributed by atoms with Crippen LogP contribution in [0, 0.1) is 12.7 Å². The van der Waals surface area contributed by atoms with Crippen LogP contribution in [0.25, 0.3) is 11.5 Å². The molecule has 0 radical (unpaired) electrons. The van der Waals surface area contributed by atoms with Crippen molar-refractivity contribution in [1.82, 2.24) is 10.2 Å². The number of rotatable bonds is 5. The predicted octanol–water partition coefficient (Wildman–Crippen LogP) is 5.19. The molecule has 0 bridgehead atoms. The molecule has 0 saturated carbocycles. The van der Waals surface area contributed by atoms with Crippen LogP contribution in [0.5, 0.6) is 11.5 Å². The van der Waals surface area contributed by atoms with Crippen LogP contribution in [0.3, 0.4) is 0 Å². The number of anilines is 2. The molecule has 2 N–H and O–H groups in total. The van der Waals surface area contributed by atoms with Gasteiger partial charge in [0.1, 0.15) is 19.0 Å². The Morgan fingerprint density at radius 2 is 1.62 bits per heavy atom. The number of hydrogen-bond acceptors (Lipinski definition) is 6. The van der Waals surface area contributed by atoms with Crippen LogP contribution < -0.4 is 20.1 Å². The number of aryl methyl sites for hydroxylation is 1. The SMILES string of the molecule is Cc1ccc(Cc2nnc(-c3cc(NC(=O)Nc4ccc5c(c4)OCCO5)ccc3F)o2)cc1. The third kappa shape index (κ3) is 4.83. The summed E-state index contributed by atoms with van der Waals surface area (Å²) in [5.74, 6) is 1.06. The zero-order chi connectivity index (χ0) is 23.5. The number of benzene rings is 3. The van der Waals surface area contributed by atoms with E-state index in [1.54, 1.807) is 18.2 Å². The molecular formula is C25H21FN4O4. The number of hydrogen-bond donors (Lipinski definition) is 2. The van der Waals surface area contributed by atoms with Crippen molar-refractivity contribution in [2.24, 2.45) is 0 Å². The van der Waals surface area contributed by atoms with Gasteiger partial charge in [0, 0.05) is 17.4 Å². The second-order valence-corrected chi connectivity index (χ2v) is 7.80. The van der Waals surface area contributed by atoms with Crippen LogP contribution in [-0.4, -0.2) is 29.4 Å². The van der Waals surface area contributed by atoms with E-state index < -0.39 is 11.8 Å². The average molecular weight is 460 g/mol. The maximum Gasteiger partial charge on any atom is 0.323 e. The number of ether oxygens (including phenoxy) is 2. The molecule has 1 aliphatic rings.